The van der Waals surface area contributed by atoms with Crippen LogP contribution in [0.15, 0.2) is 30.3 Å². The first-order valence-corrected chi connectivity index (χ1v) is 11.6. The van der Waals surface area contributed by atoms with Crippen molar-refractivity contribution in [2.24, 2.45) is 0 Å². The maximum atomic E-state index is 12.7. The largest absolute Gasteiger partial charge is 0.343 e. The molecule has 1 aromatic carbocycles. The third kappa shape index (κ3) is 4.71. The molecule has 2 amide bonds. The summed E-state index contributed by atoms with van der Waals surface area (Å²) in [6, 6.07) is 12.2. The van der Waals surface area contributed by atoms with Crippen LogP contribution in [0.3, 0.4) is 0 Å². The summed E-state index contributed by atoms with van der Waals surface area (Å²) >= 11 is 1.30. The number of thioether (sulfide) groups is 1. The molecule has 0 fully saturated rings. The first kappa shape index (κ1) is 22.0. The summed E-state index contributed by atoms with van der Waals surface area (Å²) in [5.41, 5.74) is 3.67. The smallest absolute Gasteiger partial charge is 0.235 e. The van der Waals surface area contributed by atoms with Gasteiger partial charge in [-0.3, -0.25) is 14.2 Å². The molecule has 1 aromatic heterocycles. The molecule has 1 aliphatic carbocycles. The molecule has 1 heterocycles. The summed E-state index contributed by atoms with van der Waals surface area (Å²) in [6.07, 6.45) is 3.87. The molecule has 0 bridgehead atoms. The molecule has 1 N–H and O–H groups in total. The molecule has 3 rings (SSSR count). The van der Waals surface area contributed by atoms with Gasteiger partial charge in [0.05, 0.1) is 17.1 Å². The topological polar surface area (TPSA) is 78.1 Å². The standard InChI is InChI=1S/C23H28N4O2S/c1-3-26(4-2)22(29)16-30-15-21(28)25-23-19(14-24)18-12-8-9-13-20(18)27(23)17-10-6-5-7-11-17/h5-7,10-11H,3-4,8-9,12-13,15-16H2,1-2H3,(H,25,28). The van der Waals surface area contributed by atoms with E-state index < -0.39 is 0 Å². The van der Waals surface area contributed by atoms with Crippen molar-refractivity contribution in [3.63, 3.8) is 0 Å². The zero-order chi connectivity index (χ0) is 21.5. The molecular formula is C23H28N4O2S. The molecule has 158 valence electrons. The van der Waals surface area contributed by atoms with E-state index in [1.54, 1.807) is 4.90 Å². The summed E-state index contributed by atoms with van der Waals surface area (Å²) in [4.78, 5) is 26.6. The first-order valence-electron chi connectivity index (χ1n) is 10.5. The second-order valence-corrected chi connectivity index (χ2v) is 8.23. The highest BCUT2D eigenvalue weighted by Crippen LogP contribution is 2.35. The van der Waals surface area contributed by atoms with Crippen molar-refractivity contribution in [3.05, 3.63) is 47.2 Å². The quantitative estimate of drug-likeness (QED) is 0.700. The summed E-state index contributed by atoms with van der Waals surface area (Å²) in [6.45, 7) is 5.23. The van der Waals surface area contributed by atoms with E-state index in [1.807, 2.05) is 48.7 Å². The minimum Gasteiger partial charge on any atom is -0.343 e. The number of nitriles is 1. The summed E-state index contributed by atoms with van der Waals surface area (Å²) in [5, 5.41) is 12.8. The SMILES string of the molecule is CCN(CC)C(=O)CSCC(=O)Nc1c(C#N)c2c(n1-c1ccccc1)CCCC2. The molecule has 30 heavy (non-hydrogen) atoms. The Morgan fingerprint density at radius 2 is 1.83 bits per heavy atom. The number of rotatable bonds is 8. The van der Waals surface area contributed by atoms with Crippen LogP contribution in [-0.2, 0) is 22.4 Å². The third-order valence-electron chi connectivity index (χ3n) is 5.43. The molecule has 0 unspecified atom stereocenters. The molecule has 0 aliphatic heterocycles. The molecular weight excluding hydrogens is 396 g/mol. The van der Waals surface area contributed by atoms with Gasteiger partial charge in [-0.05, 0) is 57.2 Å². The Balaban J connectivity index is 1.80. The van der Waals surface area contributed by atoms with Crippen molar-refractivity contribution in [1.29, 1.82) is 5.26 Å². The number of carbonyl (C=O) groups is 2. The molecule has 0 spiro atoms. The monoisotopic (exact) mass is 424 g/mol. The lowest BCUT2D eigenvalue weighted by Crippen LogP contribution is -2.32. The van der Waals surface area contributed by atoms with Gasteiger partial charge in [0.15, 0.2) is 0 Å². The molecule has 6 nitrogen and oxygen atoms in total. The van der Waals surface area contributed by atoms with E-state index in [9.17, 15) is 14.9 Å². The second kappa shape index (κ2) is 10.4. The predicted molar refractivity (Wildman–Crippen MR) is 121 cm³/mol. The van der Waals surface area contributed by atoms with Gasteiger partial charge in [0, 0.05) is 24.5 Å². The van der Waals surface area contributed by atoms with Crippen LogP contribution in [0.4, 0.5) is 5.82 Å². The highest BCUT2D eigenvalue weighted by molar-refractivity contribution is 8.00. The molecule has 7 heteroatoms. The fourth-order valence-electron chi connectivity index (χ4n) is 3.96. The Morgan fingerprint density at radius 3 is 2.50 bits per heavy atom. The highest BCUT2D eigenvalue weighted by atomic mass is 32.2. The predicted octanol–water partition coefficient (Wildman–Crippen LogP) is 3.77. The lowest BCUT2D eigenvalue weighted by Gasteiger charge is -2.18. The summed E-state index contributed by atoms with van der Waals surface area (Å²) in [5.74, 6) is 0.838. The fourth-order valence-corrected chi connectivity index (χ4v) is 4.68. The van der Waals surface area contributed by atoms with Crippen LogP contribution >= 0.6 is 11.8 Å². The number of para-hydroxylation sites is 1. The number of carbonyl (C=O) groups excluding carboxylic acids is 2. The summed E-state index contributed by atoms with van der Waals surface area (Å²) in [7, 11) is 0. The van der Waals surface area contributed by atoms with Crippen LogP contribution in [0.1, 0.15) is 43.5 Å². The van der Waals surface area contributed by atoms with E-state index in [-0.39, 0.29) is 23.3 Å². The van der Waals surface area contributed by atoms with Gasteiger partial charge in [0.1, 0.15) is 11.9 Å². The highest BCUT2D eigenvalue weighted by Gasteiger charge is 2.26. The van der Waals surface area contributed by atoms with Gasteiger partial charge in [-0.25, -0.2) is 0 Å². The lowest BCUT2D eigenvalue weighted by atomic mass is 9.95. The number of amides is 2. The number of hydrogen-bond donors (Lipinski definition) is 1. The molecule has 1 aliphatic rings. The van der Waals surface area contributed by atoms with Gasteiger partial charge < -0.3 is 10.2 Å². The molecule has 0 saturated heterocycles. The normalized spacial score (nSPS) is 12.7. The van der Waals surface area contributed by atoms with Crippen molar-refractivity contribution >= 4 is 29.4 Å². The number of benzene rings is 1. The maximum absolute atomic E-state index is 12.7. The zero-order valence-corrected chi connectivity index (χ0v) is 18.4. The average molecular weight is 425 g/mol. The Labute approximate surface area is 182 Å². The van der Waals surface area contributed by atoms with E-state index in [1.165, 1.54) is 11.8 Å². The number of aromatic nitrogens is 1. The van der Waals surface area contributed by atoms with Crippen molar-refractivity contribution in [2.45, 2.75) is 39.5 Å². The molecule has 2 aromatic rings. The van der Waals surface area contributed by atoms with Crippen molar-refractivity contribution < 1.29 is 9.59 Å². The minimum absolute atomic E-state index is 0.0404. The zero-order valence-electron chi connectivity index (χ0n) is 17.6. The number of hydrogen-bond acceptors (Lipinski definition) is 4. The van der Waals surface area contributed by atoms with Crippen molar-refractivity contribution in [3.8, 4) is 11.8 Å². The van der Waals surface area contributed by atoms with Gasteiger partial charge in [-0.2, -0.15) is 5.26 Å². The van der Waals surface area contributed by atoms with Gasteiger partial charge in [-0.15, -0.1) is 11.8 Å². The third-order valence-corrected chi connectivity index (χ3v) is 6.35. The van der Waals surface area contributed by atoms with Gasteiger partial charge >= 0.3 is 0 Å². The Morgan fingerprint density at radius 1 is 1.13 bits per heavy atom. The minimum atomic E-state index is -0.198. The maximum Gasteiger partial charge on any atom is 0.235 e. The van der Waals surface area contributed by atoms with Crippen LogP contribution in [-0.4, -0.2) is 45.9 Å². The van der Waals surface area contributed by atoms with Gasteiger partial charge in [0.25, 0.3) is 0 Å². The van der Waals surface area contributed by atoms with Crippen LogP contribution in [0.5, 0.6) is 0 Å². The van der Waals surface area contributed by atoms with Crippen molar-refractivity contribution in [1.82, 2.24) is 9.47 Å². The van der Waals surface area contributed by atoms with Crippen molar-refractivity contribution in [2.75, 3.05) is 29.9 Å². The van der Waals surface area contributed by atoms with Crippen LogP contribution in [0, 0.1) is 11.3 Å². The second-order valence-electron chi connectivity index (χ2n) is 7.25. The average Bonchev–Trinajstić information content (AvgIpc) is 3.08. The van der Waals surface area contributed by atoms with Gasteiger partial charge in [-0.1, -0.05) is 18.2 Å². The van der Waals surface area contributed by atoms with E-state index in [0.29, 0.717) is 24.5 Å². The number of nitrogens with one attached hydrogen (secondary N) is 1. The van der Waals surface area contributed by atoms with Gasteiger partial charge in [0.2, 0.25) is 11.8 Å². The molecule has 0 atom stereocenters. The Hall–Kier alpha value is -2.72. The number of anilines is 1. The first-order chi connectivity index (χ1) is 14.6. The van der Waals surface area contributed by atoms with E-state index in [4.69, 9.17) is 0 Å². The fraction of sp³-hybridized carbons (Fsp3) is 0.435. The van der Waals surface area contributed by atoms with E-state index in [0.717, 1.165) is 42.6 Å². The number of fused-ring (bicyclic) bond motifs is 1. The Kier molecular flexibility index (Phi) is 7.58. The summed E-state index contributed by atoms with van der Waals surface area (Å²) < 4.78 is 2.02. The van der Waals surface area contributed by atoms with E-state index >= 15 is 0 Å². The van der Waals surface area contributed by atoms with Crippen LogP contribution in [0.2, 0.25) is 0 Å². The van der Waals surface area contributed by atoms with Crippen LogP contribution in [0.25, 0.3) is 5.69 Å². The van der Waals surface area contributed by atoms with E-state index in [2.05, 4.69) is 11.4 Å². The van der Waals surface area contributed by atoms with Crippen LogP contribution < -0.4 is 5.32 Å². The number of nitrogens with zero attached hydrogens (tertiary/aromatic N) is 3. The Bertz CT molecular complexity index is 942. The molecule has 0 saturated carbocycles. The molecule has 0 radical (unpaired) electrons. The lowest BCUT2D eigenvalue weighted by molar-refractivity contribution is -0.127.